The number of rotatable bonds is 10. The first kappa shape index (κ1) is 29.5. The zero-order chi connectivity index (χ0) is 28.0. The van der Waals surface area contributed by atoms with Crippen LogP contribution in [0.4, 0.5) is 5.69 Å². The fourth-order valence-corrected chi connectivity index (χ4v) is 5.76. The molecule has 0 saturated carbocycles. The van der Waals surface area contributed by atoms with Gasteiger partial charge in [-0.05, 0) is 80.8 Å². The molecular formula is C28H31Cl2N3O4S. The quantitative estimate of drug-likeness (QED) is 0.352. The molecule has 3 aromatic carbocycles. The molecule has 0 saturated heterocycles. The summed E-state index contributed by atoms with van der Waals surface area (Å²) in [7, 11) is -4.11. The lowest BCUT2D eigenvalue weighted by Gasteiger charge is -2.32. The van der Waals surface area contributed by atoms with Crippen molar-refractivity contribution in [1.82, 2.24) is 10.2 Å². The van der Waals surface area contributed by atoms with Crippen LogP contribution >= 0.6 is 23.2 Å². The normalized spacial score (nSPS) is 12.1. The Kier molecular flexibility index (Phi) is 9.82. The molecule has 0 aliphatic heterocycles. The monoisotopic (exact) mass is 575 g/mol. The van der Waals surface area contributed by atoms with Gasteiger partial charge in [-0.2, -0.15) is 0 Å². The van der Waals surface area contributed by atoms with Crippen LogP contribution < -0.4 is 9.62 Å². The number of aryl methyl sites for hydroxylation is 2. The Balaban J connectivity index is 2.06. The van der Waals surface area contributed by atoms with Gasteiger partial charge in [0.15, 0.2) is 0 Å². The van der Waals surface area contributed by atoms with Crippen molar-refractivity contribution in [3.05, 3.63) is 93.5 Å². The molecule has 0 fully saturated rings. The lowest BCUT2D eigenvalue weighted by atomic mass is 10.1. The van der Waals surface area contributed by atoms with E-state index in [9.17, 15) is 18.0 Å². The molecule has 0 aromatic heterocycles. The van der Waals surface area contributed by atoms with Gasteiger partial charge in [0.25, 0.3) is 10.0 Å². The Hall–Kier alpha value is -3.07. The second-order valence-corrected chi connectivity index (χ2v) is 11.6. The molecule has 1 atom stereocenters. The number of likely N-dealkylation sites (N-methyl/N-ethyl adjacent to an activating group) is 1. The summed E-state index contributed by atoms with van der Waals surface area (Å²) >= 11 is 12.4. The van der Waals surface area contributed by atoms with E-state index in [1.165, 1.54) is 17.0 Å². The number of hydrogen-bond donors (Lipinski definition) is 1. The average Bonchev–Trinajstić information content (AvgIpc) is 2.88. The van der Waals surface area contributed by atoms with Crippen LogP contribution in [0.2, 0.25) is 10.0 Å². The minimum absolute atomic E-state index is 0.0146. The molecule has 2 amide bonds. The number of benzene rings is 3. The van der Waals surface area contributed by atoms with Gasteiger partial charge in [0, 0.05) is 23.1 Å². The summed E-state index contributed by atoms with van der Waals surface area (Å²) in [6, 6.07) is 17.1. The zero-order valence-corrected chi connectivity index (χ0v) is 24.1. The topological polar surface area (TPSA) is 86.8 Å². The molecule has 7 nitrogen and oxygen atoms in total. The summed E-state index contributed by atoms with van der Waals surface area (Å²) in [5.41, 5.74) is 2.79. The predicted molar refractivity (Wildman–Crippen MR) is 152 cm³/mol. The van der Waals surface area contributed by atoms with Gasteiger partial charge in [0.05, 0.1) is 10.6 Å². The molecule has 3 aromatic rings. The Morgan fingerprint density at radius 3 is 2.24 bits per heavy atom. The van der Waals surface area contributed by atoms with Crippen LogP contribution in [0, 0.1) is 13.8 Å². The first-order chi connectivity index (χ1) is 17.9. The summed E-state index contributed by atoms with van der Waals surface area (Å²) in [6.45, 7) is 7.02. The second kappa shape index (κ2) is 12.7. The van der Waals surface area contributed by atoms with Crippen LogP contribution in [0.5, 0.6) is 0 Å². The number of halogens is 2. The highest BCUT2D eigenvalue weighted by molar-refractivity contribution is 7.92. The smallest absolute Gasteiger partial charge is 0.264 e. The summed E-state index contributed by atoms with van der Waals surface area (Å²) < 4.78 is 28.6. The zero-order valence-electron chi connectivity index (χ0n) is 21.7. The molecule has 38 heavy (non-hydrogen) atoms. The third kappa shape index (κ3) is 6.87. The van der Waals surface area contributed by atoms with E-state index in [-0.39, 0.29) is 17.3 Å². The van der Waals surface area contributed by atoms with Crippen LogP contribution in [0.3, 0.4) is 0 Å². The molecule has 3 rings (SSSR count). The van der Waals surface area contributed by atoms with Gasteiger partial charge in [-0.15, -0.1) is 0 Å². The number of sulfonamides is 1. The van der Waals surface area contributed by atoms with Gasteiger partial charge in [-0.1, -0.05) is 53.5 Å². The van der Waals surface area contributed by atoms with Gasteiger partial charge < -0.3 is 10.2 Å². The standard InChI is InChI=1S/C28H31Cl2N3O4S/c1-5-31-28(35)21(4)32(17-22-12-13-23(29)16-26(22)30)27(34)18-33(24-14-11-19(2)20(3)15-24)38(36,37)25-9-7-6-8-10-25/h6-16,21H,5,17-18H2,1-4H3,(H,31,35)/t21-/m1/s1. The lowest BCUT2D eigenvalue weighted by Crippen LogP contribution is -2.51. The van der Waals surface area contributed by atoms with E-state index in [0.717, 1.165) is 15.4 Å². The van der Waals surface area contributed by atoms with E-state index in [2.05, 4.69) is 5.32 Å². The Labute approximate surface area is 234 Å². The van der Waals surface area contributed by atoms with Crippen molar-refractivity contribution in [2.24, 2.45) is 0 Å². The first-order valence-electron chi connectivity index (χ1n) is 12.1. The van der Waals surface area contributed by atoms with Crippen molar-refractivity contribution < 1.29 is 18.0 Å². The van der Waals surface area contributed by atoms with Crippen molar-refractivity contribution in [2.75, 3.05) is 17.4 Å². The number of anilines is 1. The highest BCUT2D eigenvalue weighted by Gasteiger charge is 2.32. The number of nitrogens with zero attached hydrogens (tertiary/aromatic N) is 2. The minimum atomic E-state index is -4.11. The second-order valence-electron chi connectivity index (χ2n) is 8.92. The molecule has 202 valence electrons. The number of hydrogen-bond acceptors (Lipinski definition) is 4. The van der Waals surface area contributed by atoms with Crippen molar-refractivity contribution in [3.63, 3.8) is 0 Å². The van der Waals surface area contributed by atoms with E-state index in [1.807, 2.05) is 19.9 Å². The molecule has 0 bridgehead atoms. The Bertz CT molecular complexity index is 1410. The molecule has 0 unspecified atom stereocenters. The minimum Gasteiger partial charge on any atom is -0.355 e. The number of nitrogens with one attached hydrogen (secondary N) is 1. The van der Waals surface area contributed by atoms with Gasteiger partial charge in [0.1, 0.15) is 12.6 Å². The van der Waals surface area contributed by atoms with Crippen molar-refractivity contribution in [1.29, 1.82) is 0 Å². The molecule has 0 heterocycles. The predicted octanol–water partition coefficient (Wildman–Crippen LogP) is 5.36. The fourth-order valence-electron chi connectivity index (χ4n) is 3.87. The molecule has 10 heteroatoms. The van der Waals surface area contributed by atoms with Crippen molar-refractivity contribution >= 4 is 50.7 Å². The van der Waals surface area contributed by atoms with Crippen LogP contribution in [0.15, 0.2) is 71.6 Å². The molecule has 0 aliphatic carbocycles. The number of carbonyl (C=O) groups is 2. The van der Waals surface area contributed by atoms with E-state index < -0.39 is 28.5 Å². The van der Waals surface area contributed by atoms with Gasteiger partial charge in [0.2, 0.25) is 11.8 Å². The highest BCUT2D eigenvalue weighted by atomic mass is 35.5. The third-order valence-corrected chi connectivity index (χ3v) is 8.64. The lowest BCUT2D eigenvalue weighted by molar-refractivity contribution is -0.139. The third-order valence-electron chi connectivity index (χ3n) is 6.26. The maximum atomic E-state index is 13.9. The van der Waals surface area contributed by atoms with Gasteiger partial charge in [-0.3, -0.25) is 13.9 Å². The fraction of sp³-hybridized carbons (Fsp3) is 0.286. The van der Waals surface area contributed by atoms with Crippen LogP contribution in [0.25, 0.3) is 0 Å². The maximum Gasteiger partial charge on any atom is 0.264 e. The van der Waals surface area contributed by atoms with Crippen LogP contribution in [-0.2, 0) is 26.2 Å². The van der Waals surface area contributed by atoms with Crippen LogP contribution in [0.1, 0.15) is 30.5 Å². The van der Waals surface area contributed by atoms with Gasteiger partial charge in [-0.25, -0.2) is 8.42 Å². The SMILES string of the molecule is CCNC(=O)[C@@H](C)N(Cc1ccc(Cl)cc1Cl)C(=O)CN(c1ccc(C)c(C)c1)S(=O)(=O)c1ccccc1. The Morgan fingerprint density at radius 1 is 0.947 bits per heavy atom. The summed E-state index contributed by atoms with van der Waals surface area (Å²) in [6.07, 6.45) is 0. The molecule has 0 spiro atoms. The average molecular weight is 577 g/mol. The molecular weight excluding hydrogens is 545 g/mol. The highest BCUT2D eigenvalue weighted by Crippen LogP contribution is 2.27. The molecule has 0 aliphatic rings. The first-order valence-corrected chi connectivity index (χ1v) is 14.3. The Morgan fingerprint density at radius 2 is 1.63 bits per heavy atom. The van der Waals surface area contributed by atoms with Crippen molar-refractivity contribution in [2.45, 2.75) is 45.2 Å². The van der Waals surface area contributed by atoms with Crippen LogP contribution in [-0.4, -0.2) is 44.3 Å². The van der Waals surface area contributed by atoms with Gasteiger partial charge >= 0.3 is 0 Å². The molecule has 1 N–H and O–H groups in total. The largest absolute Gasteiger partial charge is 0.355 e. The van der Waals surface area contributed by atoms with E-state index >= 15 is 0 Å². The van der Waals surface area contributed by atoms with E-state index in [0.29, 0.717) is 27.8 Å². The maximum absolute atomic E-state index is 13.9. The van der Waals surface area contributed by atoms with E-state index in [4.69, 9.17) is 23.2 Å². The number of carbonyl (C=O) groups excluding carboxylic acids is 2. The molecule has 0 radical (unpaired) electrons. The van der Waals surface area contributed by atoms with E-state index in [1.54, 1.807) is 62.4 Å². The summed E-state index contributed by atoms with van der Waals surface area (Å²) in [5.74, 6) is -0.929. The number of amides is 2. The van der Waals surface area contributed by atoms with Crippen molar-refractivity contribution in [3.8, 4) is 0 Å². The summed E-state index contributed by atoms with van der Waals surface area (Å²) in [4.78, 5) is 28.0. The summed E-state index contributed by atoms with van der Waals surface area (Å²) in [5, 5.41) is 3.49.